The molecule has 1 saturated heterocycles. The number of piperidine rings is 1. The Labute approximate surface area is 174 Å². The van der Waals surface area contributed by atoms with Crippen molar-refractivity contribution >= 4 is 21.7 Å². The molecule has 11 heteroatoms. The number of benzene rings is 1. The smallest absolute Gasteiger partial charge is 0.406 e. The molecular weight excluding hydrogens is 423 g/mol. The fourth-order valence-electron chi connectivity index (χ4n) is 2.82. The van der Waals surface area contributed by atoms with Crippen molar-refractivity contribution in [2.24, 2.45) is 11.8 Å². The van der Waals surface area contributed by atoms with Crippen LogP contribution in [0.25, 0.3) is 0 Å². The van der Waals surface area contributed by atoms with Gasteiger partial charge in [0.2, 0.25) is 0 Å². The summed E-state index contributed by atoms with van der Waals surface area (Å²) in [5, 5.41) is 4.84. The normalized spacial score (nSPS) is 17.3. The number of likely N-dealkylation sites (tertiary alicyclic amines) is 1. The topological polar surface area (TPSA) is 87.7 Å². The summed E-state index contributed by atoms with van der Waals surface area (Å²) < 4.78 is 66.6. The molecule has 7 nitrogen and oxygen atoms in total. The third-order valence-corrected chi connectivity index (χ3v) is 5.12. The number of alkyl halides is 3. The zero-order valence-electron chi connectivity index (χ0n) is 16.6. The molecule has 0 unspecified atom stereocenters. The Hall–Kier alpha value is -2.45. The predicted molar refractivity (Wildman–Crippen MR) is 106 cm³/mol. The Morgan fingerprint density at radius 3 is 2.57 bits per heavy atom. The molecule has 1 aliphatic heterocycles. The largest absolute Gasteiger partial charge is 0.573 e. The minimum atomic E-state index is -4.78. The maximum Gasteiger partial charge on any atom is 0.573 e. The summed E-state index contributed by atoms with van der Waals surface area (Å²) in [4.78, 5) is 14.0. The van der Waals surface area contributed by atoms with Crippen LogP contribution in [0.3, 0.4) is 0 Å². The van der Waals surface area contributed by atoms with Gasteiger partial charge in [0.05, 0.1) is 0 Å². The van der Waals surface area contributed by atoms with Crippen molar-refractivity contribution in [2.45, 2.75) is 33.1 Å². The zero-order valence-corrected chi connectivity index (χ0v) is 17.4. The van der Waals surface area contributed by atoms with Gasteiger partial charge < -0.3 is 15.0 Å². The van der Waals surface area contributed by atoms with E-state index in [9.17, 15) is 26.4 Å². The van der Waals surface area contributed by atoms with Crippen LogP contribution in [0.4, 0.5) is 23.7 Å². The lowest BCUT2D eigenvalue weighted by Gasteiger charge is -2.32. The van der Waals surface area contributed by atoms with Gasteiger partial charge in [0.1, 0.15) is 5.75 Å². The van der Waals surface area contributed by atoms with Gasteiger partial charge >= 0.3 is 12.4 Å². The molecule has 2 rings (SSSR count). The minimum Gasteiger partial charge on any atom is -0.406 e. The third-order valence-electron chi connectivity index (χ3n) is 4.19. The highest BCUT2D eigenvalue weighted by molar-refractivity contribution is 7.94. The number of anilines is 1. The number of sulfonamides is 1. The van der Waals surface area contributed by atoms with Crippen molar-refractivity contribution in [3.8, 4) is 16.9 Å². The minimum absolute atomic E-state index is 0.0652. The summed E-state index contributed by atoms with van der Waals surface area (Å²) >= 11 is 0. The van der Waals surface area contributed by atoms with E-state index in [1.54, 1.807) is 18.7 Å². The van der Waals surface area contributed by atoms with E-state index < -0.39 is 22.4 Å². The summed E-state index contributed by atoms with van der Waals surface area (Å²) in [6.45, 7) is 4.59. The van der Waals surface area contributed by atoms with Crippen LogP contribution in [-0.2, 0) is 10.0 Å². The Bertz CT molecular complexity index is 890. The average Bonchev–Trinajstić information content (AvgIpc) is 2.66. The van der Waals surface area contributed by atoms with Crippen LogP contribution in [0.1, 0.15) is 26.7 Å². The van der Waals surface area contributed by atoms with Crippen molar-refractivity contribution in [1.82, 2.24) is 9.62 Å². The fraction of sp³-hybridized carbons (Fsp3) is 0.526. The van der Waals surface area contributed by atoms with Gasteiger partial charge in [-0.3, -0.25) is 0 Å². The first-order valence-corrected chi connectivity index (χ1v) is 10.9. The van der Waals surface area contributed by atoms with Crippen molar-refractivity contribution in [3.05, 3.63) is 24.3 Å². The number of carbonyl (C=O) groups excluding carboxylic acids is 1. The maximum absolute atomic E-state index is 12.4. The number of nitrogens with zero attached hydrogens (tertiary/aromatic N) is 1. The molecule has 2 N–H and O–H groups in total. The molecule has 2 amide bonds. The molecule has 1 aliphatic rings. The molecule has 0 spiro atoms. The van der Waals surface area contributed by atoms with E-state index in [0.29, 0.717) is 25.2 Å². The van der Waals surface area contributed by atoms with Crippen LogP contribution in [0.2, 0.25) is 0 Å². The monoisotopic (exact) mass is 447 g/mol. The second-order valence-corrected chi connectivity index (χ2v) is 8.71. The first-order chi connectivity index (χ1) is 13.9. The van der Waals surface area contributed by atoms with E-state index in [-0.39, 0.29) is 24.1 Å². The number of amides is 2. The zero-order chi connectivity index (χ0) is 22.4. The van der Waals surface area contributed by atoms with Gasteiger partial charge in [-0.1, -0.05) is 19.8 Å². The highest BCUT2D eigenvalue weighted by Crippen LogP contribution is 2.24. The molecule has 30 heavy (non-hydrogen) atoms. The summed E-state index contributed by atoms with van der Waals surface area (Å²) in [6, 6.07) is 4.42. The molecule has 0 saturated carbocycles. The molecular formula is C19H24F3N3O4S. The van der Waals surface area contributed by atoms with Gasteiger partial charge in [-0.05, 0) is 43.0 Å². The van der Waals surface area contributed by atoms with Gasteiger partial charge in [0.15, 0.2) is 0 Å². The van der Waals surface area contributed by atoms with Gasteiger partial charge in [0, 0.05) is 36.5 Å². The molecule has 1 atom stereocenters. The van der Waals surface area contributed by atoms with E-state index in [1.807, 2.05) is 0 Å². The van der Waals surface area contributed by atoms with Crippen molar-refractivity contribution < 1.29 is 31.1 Å². The molecule has 166 valence electrons. The Balaban J connectivity index is 1.87. The SMILES string of the molecule is CC(C)C#CS(=O)(=O)NC[C@@H]1CCCN(C(=O)Nc2ccc(OC(F)(F)F)cc2)C1. The van der Waals surface area contributed by atoms with E-state index in [4.69, 9.17) is 0 Å². The summed E-state index contributed by atoms with van der Waals surface area (Å²) in [6.07, 6.45) is -3.32. The van der Waals surface area contributed by atoms with Crippen LogP contribution in [0.15, 0.2) is 24.3 Å². The van der Waals surface area contributed by atoms with E-state index >= 15 is 0 Å². The lowest BCUT2D eigenvalue weighted by molar-refractivity contribution is -0.274. The van der Waals surface area contributed by atoms with Crippen LogP contribution < -0.4 is 14.8 Å². The number of hydrogen-bond donors (Lipinski definition) is 2. The van der Waals surface area contributed by atoms with E-state index in [1.165, 1.54) is 12.1 Å². The third kappa shape index (κ3) is 8.51. The highest BCUT2D eigenvalue weighted by atomic mass is 32.2. The van der Waals surface area contributed by atoms with Crippen molar-refractivity contribution in [2.75, 3.05) is 25.0 Å². The first kappa shape index (κ1) is 23.8. The Morgan fingerprint density at radius 1 is 1.30 bits per heavy atom. The number of ether oxygens (including phenoxy) is 1. The van der Waals surface area contributed by atoms with Gasteiger partial charge in [-0.2, -0.15) is 8.42 Å². The summed E-state index contributed by atoms with van der Waals surface area (Å²) in [7, 11) is -3.70. The highest BCUT2D eigenvalue weighted by Gasteiger charge is 2.31. The van der Waals surface area contributed by atoms with Gasteiger partial charge in [-0.25, -0.2) is 9.52 Å². The molecule has 0 aromatic heterocycles. The molecule has 1 heterocycles. The molecule has 1 fully saturated rings. The number of carbonyl (C=O) groups is 1. The lowest BCUT2D eigenvalue weighted by atomic mass is 9.99. The van der Waals surface area contributed by atoms with Crippen molar-refractivity contribution in [3.63, 3.8) is 0 Å². The van der Waals surface area contributed by atoms with Crippen LogP contribution in [0.5, 0.6) is 5.75 Å². The standard InChI is InChI=1S/C19H24F3N3O4S/c1-14(2)9-11-30(27,28)23-12-15-4-3-10-25(13-15)18(26)24-16-5-7-17(8-6-16)29-19(20,21)22/h5-8,14-15,23H,3-4,10,12-13H2,1-2H3,(H,24,26)/t15-/m0/s1. The van der Waals surface area contributed by atoms with Crippen LogP contribution in [-0.4, -0.2) is 45.3 Å². The maximum atomic E-state index is 12.4. The molecule has 0 aliphatic carbocycles. The first-order valence-electron chi connectivity index (χ1n) is 9.37. The molecule has 0 bridgehead atoms. The van der Waals surface area contributed by atoms with Crippen LogP contribution in [0, 0.1) is 23.0 Å². The fourth-order valence-corrected chi connectivity index (χ4v) is 3.74. The molecule has 1 aromatic rings. The molecule has 1 aromatic carbocycles. The number of rotatable bonds is 5. The second kappa shape index (κ2) is 10.0. The quantitative estimate of drug-likeness (QED) is 0.678. The Morgan fingerprint density at radius 2 is 1.97 bits per heavy atom. The number of hydrogen-bond acceptors (Lipinski definition) is 4. The Kier molecular flexibility index (Phi) is 7.97. The average molecular weight is 447 g/mol. The number of halogens is 3. The number of urea groups is 1. The number of nitrogens with one attached hydrogen (secondary N) is 2. The van der Waals surface area contributed by atoms with Gasteiger partial charge in [-0.15, -0.1) is 13.2 Å². The van der Waals surface area contributed by atoms with Gasteiger partial charge in [0.25, 0.3) is 10.0 Å². The molecule has 0 radical (unpaired) electrons. The summed E-state index contributed by atoms with van der Waals surface area (Å²) in [5.74, 6) is 2.08. The lowest BCUT2D eigenvalue weighted by Crippen LogP contribution is -2.45. The van der Waals surface area contributed by atoms with Crippen molar-refractivity contribution in [1.29, 1.82) is 0 Å². The summed E-state index contributed by atoms with van der Waals surface area (Å²) in [5.41, 5.74) is 0.321. The van der Waals surface area contributed by atoms with E-state index in [2.05, 4.69) is 25.9 Å². The predicted octanol–water partition coefficient (Wildman–Crippen LogP) is 3.37. The second-order valence-electron chi connectivity index (χ2n) is 7.21. The van der Waals surface area contributed by atoms with Crippen LogP contribution >= 0.6 is 0 Å². The van der Waals surface area contributed by atoms with E-state index in [0.717, 1.165) is 18.6 Å².